The molecule has 3 aromatic carbocycles. The lowest BCUT2D eigenvalue weighted by Crippen LogP contribution is -2.28. The molecule has 1 aliphatic heterocycles. The van der Waals surface area contributed by atoms with Gasteiger partial charge < -0.3 is 14.6 Å². The average Bonchev–Trinajstić information content (AvgIpc) is 3.10. The molecule has 1 fully saturated rings. The normalized spacial score (nSPS) is 16.1. The van der Waals surface area contributed by atoms with Crippen molar-refractivity contribution in [1.82, 2.24) is 4.90 Å². The number of benzene rings is 3. The zero-order chi connectivity index (χ0) is 22.5. The number of ether oxygens (including phenoxy) is 2. The summed E-state index contributed by atoms with van der Waals surface area (Å²) in [6, 6.07) is 22.1. The van der Waals surface area contributed by atoms with Crippen LogP contribution in [0.3, 0.4) is 0 Å². The van der Waals surface area contributed by atoms with Gasteiger partial charge >= 0.3 is 0 Å². The molecule has 7 heteroatoms. The SMILES string of the molecule is COc1ccc(CN2C(=O)/C(=C/c3ccc(O)c(OC)c3)SC2=Nc2ccccc2)cc1. The van der Waals surface area contributed by atoms with Crippen molar-refractivity contribution in [3.8, 4) is 17.2 Å². The van der Waals surface area contributed by atoms with Gasteiger partial charge in [-0.05, 0) is 65.4 Å². The van der Waals surface area contributed by atoms with Crippen LogP contribution in [-0.4, -0.2) is 35.3 Å². The van der Waals surface area contributed by atoms with Crippen molar-refractivity contribution in [2.75, 3.05) is 14.2 Å². The number of aliphatic imine (C=N–C) groups is 1. The Morgan fingerprint density at radius 2 is 1.75 bits per heavy atom. The number of para-hydroxylation sites is 1. The first kappa shape index (κ1) is 21.5. The van der Waals surface area contributed by atoms with Gasteiger partial charge in [0, 0.05) is 0 Å². The molecule has 1 amide bonds. The molecule has 1 heterocycles. The maximum absolute atomic E-state index is 13.3. The van der Waals surface area contributed by atoms with E-state index in [1.165, 1.54) is 18.9 Å². The van der Waals surface area contributed by atoms with E-state index in [4.69, 9.17) is 14.5 Å². The van der Waals surface area contributed by atoms with Crippen molar-refractivity contribution >= 4 is 34.6 Å². The number of aromatic hydroxyl groups is 1. The second-order valence-corrected chi connectivity index (χ2v) is 8.02. The minimum absolute atomic E-state index is 0.0486. The van der Waals surface area contributed by atoms with Gasteiger partial charge in [-0.15, -0.1) is 0 Å². The Morgan fingerprint density at radius 3 is 2.44 bits per heavy atom. The Hall–Kier alpha value is -3.71. The van der Waals surface area contributed by atoms with E-state index < -0.39 is 0 Å². The molecule has 0 saturated carbocycles. The third-order valence-corrected chi connectivity index (χ3v) is 5.88. The highest BCUT2D eigenvalue weighted by molar-refractivity contribution is 8.18. The minimum atomic E-state index is -0.132. The van der Waals surface area contributed by atoms with Crippen LogP contribution in [0.5, 0.6) is 17.2 Å². The topological polar surface area (TPSA) is 71.4 Å². The van der Waals surface area contributed by atoms with E-state index in [2.05, 4.69) is 0 Å². The highest BCUT2D eigenvalue weighted by atomic mass is 32.2. The molecule has 0 unspecified atom stereocenters. The highest BCUT2D eigenvalue weighted by Crippen LogP contribution is 2.36. The molecule has 1 aliphatic rings. The smallest absolute Gasteiger partial charge is 0.267 e. The molecule has 0 atom stereocenters. The number of phenolic OH excluding ortho intramolecular Hbond substituents is 1. The van der Waals surface area contributed by atoms with Crippen molar-refractivity contribution in [2.45, 2.75) is 6.54 Å². The molecule has 0 bridgehead atoms. The molecule has 1 saturated heterocycles. The second kappa shape index (κ2) is 9.62. The quantitative estimate of drug-likeness (QED) is 0.526. The van der Waals surface area contributed by atoms with Crippen molar-refractivity contribution in [2.24, 2.45) is 4.99 Å². The lowest BCUT2D eigenvalue weighted by Gasteiger charge is -2.16. The molecule has 0 spiro atoms. The number of nitrogens with zero attached hydrogens (tertiary/aromatic N) is 2. The number of thioether (sulfide) groups is 1. The minimum Gasteiger partial charge on any atom is -0.504 e. The summed E-state index contributed by atoms with van der Waals surface area (Å²) in [4.78, 5) is 20.2. The van der Waals surface area contributed by atoms with Gasteiger partial charge in [0.1, 0.15) is 5.75 Å². The number of phenols is 1. The van der Waals surface area contributed by atoms with E-state index in [0.29, 0.717) is 22.4 Å². The Morgan fingerprint density at radius 1 is 1.00 bits per heavy atom. The lowest BCUT2D eigenvalue weighted by molar-refractivity contribution is -0.122. The van der Waals surface area contributed by atoms with Crippen molar-refractivity contribution in [3.63, 3.8) is 0 Å². The zero-order valence-electron chi connectivity index (χ0n) is 17.7. The summed E-state index contributed by atoms with van der Waals surface area (Å²) in [7, 11) is 3.11. The van der Waals surface area contributed by atoms with Gasteiger partial charge in [-0.2, -0.15) is 0 Å². The summed E-state index contributed by atoms with van der Waals surface area (Å²) in [6.07, 6.45) is 1.78. The first-order chi connectivity index (χ1) is 15.6. The predicted molar refractivity (Wildman–Crippen MR) is 127 cm³/mol. The second-order valence-electron chi connectivity index (χ2n) is 7.01. The van der Waals surface area contributed by atoms with Gasteiger partial charge in [-0.25, -0.2) is 4.99 Å². The fourth-order valence-electron chi connectivity index (χ4n) is 3.19. The van der Waals surface area contributed by atoms with E-state index >= 15 is 0 Å². The molecule has 0 aliphatic carbocycles. The van der Waals surface area contributed by atoms with E-state index in [-0.39, 0.29) is 11.7 Å². The van der Waals surface area contributed by atoms with Gasteiger partial charge in [-0.1, -0.05) is 36.4 Å². The van der Waals surface area contributed by atoms with E-state index in [9.17, 15) is 9.90 Å². The maximum Gasteiger partial charge on any atom is 0.267 e. The van der Waals surface area contributed by atoms with Crippen LogP contribution in [-0.2, 0) is 11.3 Å². The van der Waals surface area contributed by atoms with Gasteiger partial charge in [0.15, 0.2) is 16.7 Å². The monoisotopic (exact) mass is 446 g/mol. The maximum atomic E-state index is 13.3. The summed E-state index contributed by atoms with van der Waals surface area (Å²) in [5, 5.41) is 10.4. The van der Waals surface area contributed by atoms with Crippen LogP contribution in [0.25, 0.3) is 6.08 Å². The molecule has 1 N–H and O–H groups in total. The van der Waals surface area contributed by atoms with Gasteiger partial charge in [0.2, 0.25) is 0 Å². The number of methoxy groups -OCH3 is 2. The first-order valence-corrected chi connectivity index (χ1v) is 10.7. The van der Waals surface area contributed by atoms with Gasteiger partial charge in [-0.3, -0.25) is 9.69 Å². The summed E-state index contributed by atoms with van der Waals surface area (Å²) in [5.41, 5.74) is 2.49. The van der Waals surface area contributed by atoms with Crippen LogP contribution in [0.2, 0.25) is 0 Å². The van der Waals surface area contributed by atoms with Crippen LogP contribution in [0.15, 0.2) is 82.7 Å². The summed E-state index contributed by atoms with van der Waals surface area (Å²) in [5.74, 6) is 1.03. The van der Waals surface area contributed by atoms with Crippen LogP contribution < -0.4 is 9.47 Å². The fourth-order valence-corrected chi connectivity index (χ4v) is 4.19. The largest absolute Gasteiger partial charge is 0.504 e. The molecular weight excluding hydrogens is 424 g/mol. The lowest BCUT2D eigenvalue weighted by atomic mass is 10.1. The molecule has 32 heavy (non-hydrogen) atoms. The standard InChI is InChI=1S/C25H22N2O4S/c1-30-20-11-8-17(9-12-20)16-27-24(29)23(15-18-10-13-21(28)22(14-18)31-2)32-25(27)26-19-6-4-3-5-7-19/h3-15,28H,16H2,1-2H3/b23-15-,26-25?. The van der Waals surface area contributed by atoms with E-state index in [1.54, 1.807) is 36.3 Å². The zero-order valence-corrected chi connectivity index (χ0v) is 18.5. The van der Waals surface area contributed by atoms with Gasteiger partial charge in [0.05, 0.1) is 31.4 Å². The van der Waals surface area contributed by atoms with Crippen LogP contribution in [0.4, 0.5) is 5.69 Å². The Labute approximate surface area is 190 Å². The molecule has 6 nitrogen and oxygen atoms in total. The fraction of sp³-hybridized carbons (Fsp3) is 0.120. The summed E-state index contributed by atoms with van der Waals surface area (Å²) < 4.78 is 10.4. The molecule has 0 radical (unpaired) electrons. The molecule has 3 aromatic rings. The Balaban J connectivity index is 1.68. The number of hydrogen-bond donors (Lipinski definition) is 1. The third kappa shape index (κ3) is 4.78. The summed E-state index contributed by atoms with van der Waals surface area (Å²) in [6.45, 7) is 0.387. The van der Waals surface area contributed by atoms with E-state index in [1.807, 2.05) is 54.6 Å². The Kier molecular flexibility index (Phi) is 6.47. The number of carbonyl (C=O) groups excluding carboxylic acids is 1. The van der Waals surface area contributed by atoms with Crippen LogP contribution >= 0.6 is 11.8 Å². The number of hydrogen-bond acceptors (Lipinski definition) is 6. The Bertz CT molecular complexity index is 1170. The van der Waals surface area contributed by atoms with Crippen molar-refractivity contribution in [3.05, 3.63) is 88.8 Å². The highest BCUT2D eigenvalue weighted by Gasteiger charge is 2.33. The van der Waals surface area contributed by atoms with Crippen molar-refractivity contribution < 1.29 is 19.4 Å². The number of amides is 1. The van der Waals surface area contributed by atoms with Crippen LogP contribution in [0.1, 0.15) is 11.1 Å². The molecule has 0 aromatic heterocycles. The van der Waals surface area contributed by atoms with E-state index in [0.717, 1.165) is 22.6 Å². The van der Waals surface area contributed by atoms with Crippen LogP contribution in [0, 0.1) is 0 Å². The molecular formula is C25H22N2O4S. The molecule has 4 rings (SSSR count). The first-order valence-electron chi connectivity index (χ1n) is 9.92. The summed E-state index contributed by atoms with van der Waals surface area (Å²) >= 11 is 1.32. The van der Waals surface area contributed by atoms with Crippen molar-refractivity contribution in [1.29, 1.82) is 0 Å². The third-order valence-electron chi connectivity index (χ3n) is 4.87. The number of rotatable bonds is 6. The number of amidine groups is 1. The molecule has 162 valence electrons. The predicted octanol–water partition coefficient (Wildman–Crippen LogP) is 5.21. The number of carbonyl (C=O) groups is 1. The average molecular weight is 447 g/mol. The van der Waals surface area contributed by atoms with Gasteiger partial charge in [0.25, 0.3) is 5.91 Å².